The summed E-state index contributed by atoms with van der Waals surface area (Å²) in [7, 11) is 1.86. The van der Waals surface area contributed by atoms with E-state index >= 15 is 0 Å². The highest BCUT2D eigenvalue weighted by Gasteiger charge is 2.39. The average molecular weight is 204 g/mol. The second kappa shape index (κ2) is 4.11. The van der Waals surface area contributed by atoms with Crippen LogP contribution in [0.15, 0.2) is 24.5 Å². The Morgan fingerprint density at radius 1 is 1.47 bits per heavy atom. The highest BCUT2D eigenvalue weighted by atomic mass is 16.1. The zero-order chi connectivity index (χ0) is 10.7. The van der Waals surface area contributed by atoms with Crippen LogP contribution in [0.5, 0.6) is 0 Å². The number of pyridine rings is 1. The van der Waals surface area contributed by atoms with Crippen molar-refractivity contribution in [1.29, 1.82) is 0 Å². The van der Waals surface area contributed by atoms with Gasteiger partial charge in [0, 0.05) is 18.8 Å². The van der Waals surface area contributed by atoms with Gasteiger partial charge < -0.3 is 5.32 Å². The van der Waals surface area contributed by atoms with E-state index in [0.29, 0.717) is 12.2 Å². The largest absolute Gasteiger partial charge is 0.304 e. The van der Waals surface area contributed by atoms with Crippen LogP contribution in [0.4, 0.5) is 0 Å². The zero-order valence-corrected chi connectivity index (χ0v) is 8.99. The Kier molecular flexibility index (Phi) is 2.82. The number of likely N-dealkylation sites (N-methyl/N-ethyl adjacent to an activating group) is 1. The van der Waals surface area contributed by atoms with Gasteiger partial charge in [0.25, 0.3) is 0 Å². The number of rotatable bonds is 2. The maximum absolute atomic E-state index is 12.1. The van der Waals surface area contributed by atoms with Gasteiger partial charge in [0.2, 0.25) is 0 Å². The molecule has 1 fully saturated rings. The van der Waals surface area contributed by atoms with Crippen molar-refractivity contribution in [3.8, 4) is 0 Å². The van der Waals surface area contributed by atoms with Crippen LogP contribution in [0.25, 0.3) is 0 Å². The third-order valence-electron chi connectivity index (χ3n) is 3.26. The van der Waals surface area contributed by atoms with Crippen molar-refractivity contribution in [2.75, 3.05) is 7.05 Å². The molecule has 2 rings (SSSR count). The van der Waals surface area contributed by atoms with Crippen LogP contribution in [0.1, 0.15) is 31.2 Å². The van der Waals surface area contributed by atoms with Crippen molar-refractivity contribution >= 4 is 5.78 Å². The highest BCUT2D eigenvalue weighted by molar-refractivity contribution is 5.90. The van der Waals surface area contributed by atoms with Gasteiger partial charge in [0.15, 0.2) is 5.78 Å². The van der Waals surface area contributed by atoms with Crippen LogP contribution >= 0.6 is 0 Å². The summed E-state index contributed by atoms with van der Waals surface area (Å²) in [6, 6.07) is 3.86. The summed E-state index contributed by atoms with van der Waals surface area (Å²) in [5, 5.41) is 3.19. The molecule has 0 bridgehead atoms. The zero-order valence-electron chi connectivity index (χ0n) is 8.99. The third-order valence-corrected chi connectivity index (χ3v) is 3.26. The molecule has 3 nitrogen and oxygen atoms in total. The molecule has 0 amide bonds. The second-order valence-electron chi connectivity index (χ2n) is 4.03. The molecule has 1 aliphatic carbocycles. The Balaban J connectivity index is 2.40. The molecule has 80 valence electrons. The molecular weight excluding hydrogens is 188 g/mol. The van der Waals surface area contributed by atoms with Crippen LogP contribution < -0.4 is 5.32 Å². The van der Waals surface area contributed by atoms with E-state index in [4.69, 9.17) is 0 Å². The maximum atomic E-state index is 12.1. The Labute approximate surface area is 89.9 Å². The number of nitrogens with zero attached hydrogens (tertiary/aromatic N) is 1. The fourth-order valence-electron chi connectivity index (χ4n) is 2.36. The summed E-state index contributed by atoms with van der Waals surface area (Å²) in [4.78, 5) is 16.2. The number of Topliss-reactive ketones (excluding diaryl/α,β-unsaturated/α-hetero) is 1. The van der Waals surface area contributed by atoms with E-state index in [0.717, 1.165) is 24.8 Å². The van der Waals surface area contributed by atoms with E-state index in [-0.39, 0.29) is 0 Å². The molecule has 3 heteroatoms. The Bertz CT molecular complexity index is 350. The molecule has 0 aliphatic heterocycles. The molecule has 0 saturated heterocycles. The normalized spacial score (nSPS) is 26.6. The number of carbonyl (C=O) groups is 1. The highest BCUT2D eigenvalue weighted by Crippen LogP contribution is 2.33. The summed E-state index contributed by atoms with van der Waals surface area (Å²) in [6.07, 6.45) is 7.20. The van der Waals surface area contributed by atoms with Crippen molar-refractivity contribution in [1.82, 2.24) is 10.3 Å². The molecule has 0 unspecified atom stereocenters. The lowest BCUT2D eigenvalue weighted by Gasteiger charge is -2.35. The topological polar surface area (TPSA) is 42.0 Å². The van der Waals surface area contributed by atoms with E-state index in [1.807, 2.05) is 19.2 Å². The molecule has 0 radical (unpaired) electrons. The van der Waals surface area contributed by atoms with E-state index in [1.54, 1.807) is 12.4 Å². The molecule has 1 heterocycles. The van der Waals surface area contributed by atoms with Crippen molar-refractivity contribution < 1.29 is 4.79 Å². The first-order valence-electron chi connectivity index (χ1n) is 5.42. The SMILES string of the molecule is CN[C@]1(c2cccnc2)CCCCC1=O. The van der Waals surface area contributed by atoms with E-state index in [9.17, 15) is 4.79 Å². The first-order chi connectivity index (χ1) is 7.29. The third kappa shape index (κ3) is 1.67. The molecule has 1 N–H and O–H groups in total. The number of hydrogen-bond donors (Lipinski definition) is 1. The van der Waals surface area contributed by atoms with Crippen LogP contribution in [-0.2, 0) is 10.3 Å². The monoisotopic (exact) mass is 204 g/mol. The first-order valence-corrected chi connectivity index (χ1v) is 5.42. The first kappa shape index (κ1) is 10.3. The Morgan fingerprint density at radius 3 is 2.93 bits per heavy atom. The molecular formula is C12H16N2O. The lowest BCUT2D eigenvalue weighted by Crippen LogP contribution is -2.49. The minimum Gasteiger partial charge on any atom is -0.304 e. The Morgan fingerprint density at radius 2 is 2.33 bits per heavy atom. The van der Waals surface area contributed by atoms with Crippen molar-refractivity contribution in [3.05, 3.63) is 30.1 Å². The second-order valence-corrected chi connectivity index (χ2v) is 4.03. The molecule has 1 saturated carbocycles. The van der Waals surface area contributed by atoms with Gasteiger partial charge in [-0.2, -0.15) is 0 Å². The van der Waals surface area contributed by atoms with Gasteiger partial charge in [0.1, 0.15) is 5.54 Å². The summed E-state index contributed by atoms with van der Waals surface area (Å²) in [6.45, 7) is 0. The standard InChI is InChI=1S/C12H16N2O/c1-13-12(7-3-2-6-11(12)15)10-5-4-8-14-9-10/h4-5,8-9,13H,2-3,6-7H2,1H3/t12-/m0/s1. The van der Waals surface area contributed by atoms with Gasteiger partial charge in [0.05, 0.1) is 0 Å². The summed E-state index contributed by atoms with van der Waals surface area (Å²) >= 11 is 0. The summed E-state index contributed by atoms with van der Waals surface area (Å²) in [5.41, 5.74) is 0.518. The Hall–Kier alpha value is -1.22. The summed E-state index contributed by atoms with van der Waals surface area (Å²) < 4.78 is 0. The van der Waals surface area contributed by atoms with Gasteiger partial charge in [-0.1, -0.05) is 12.5 Å². The fourth-order valence-corrected chi connectivity index (χ4v) is 2.36. The minimum atomic E-state index is -0.480. The summed E-state index contributed by atoms with van der Waals surface area (Å²) in [5.74, 6) is 0.296. The molecule has 1 aromatic rings. The van der Waals surface area contributed by atoms with Gasteiger partial charge in [-0.25, -0.2) is 0 Å². The number of ketones is 1. The molecule has 1 aliphatic rings. The van der Waals surface area contributed by atoms with E-state index in [2.05, 4.69) is 10.3 Å². The maximum Gasteiger partial charge on any atom is 0.157 e. The van der Waals surface area contributed by atoms with Gasteiger partial charge in [-0.15, -0.1) is 0 Å². The lowest BCUT2D eigenvalue weighted by molar-refractivity contribution is -0.127. The van der Waals surface area contributed by atoms with E-state index < -0.39 is 5.54 Å². The lowest BCUT2D eigenvalue weighted by atomic mass is 9.76. The van der Waals surface area contributed by atoms with Crippen LogP contribution in [-0.4, -0.2) is 17.8 Å². The number of aromatic nitrogens is 1. The predicted molar refractivity (Wildman–Crippen MR) is 58.4 cm³/mol. The van der Waals surface area contributed by atoms with Crippen LogP contribution in [0.3, 0.4) is 0 Å². The minimum absolute atomic E-state index is 0.296. The fraction of sp³-hybridized carbons (Fsp3) is 0.500. The van der Waals surface area contributed by atoms with Crippen LogP contribution in [0.2, 0.25) is 0 Å². The predicted octanol–water partition coefficient (Wildman–Crippen LogP) is 1.64. The van der Waals surface area contributed by atoms with Crippen LogP contribution in [0, 0.1) is 0 Å². The molecule has 15 heavy (non-hydrogen) atoms. The van der Waals surface area contributed by atoms with Crippen molar-refractivity contribution in [2.24, 2.45) is 0 Å². The molecule has 1 atom stereocenters. The smallest absolute Gasteiger partial charge is 0.157 e. The average Bonchev–Trinajstić information content (AvgIpc) is 2.31. The van der Waals surface area contributed by atoms with Gasteiger partial charge >= 0.3 is 0 Å². The molecule has 0 spiro atoms. The van der Waals surface area contributed by atoms with E-state index in [1.165, 1.54) is 0 Å². The van der Waals surface area contributed by atoms with Gasteiger partial charge in [-0.05, 0) is 31.5 Å². The van der Waals surface area contributed by atoms with Crippen molar-refractivity contribution in [2.45, 2.75) is 31.2 Å². The number of nitrogens with one attached hydrogen (secondary N) is 1. The quantitative estimate of drug-likeness (QED) is 0.796. The van der Waals surface area contributed by atoms with Gasteiger partial charge in [-0.3, -0.25) is 9.78 Å². The molecule has 1 aromatic heterocycles. The number of carbonyl (C=O) groups excluding carboxylic acids is 1. The molecule has 0 aromatic carbocycles. The van der Waals surface area contributed by atoms with Crippen molar-refractivity contribution in [3.63, 3.8) is 0 Å². The number of hydrogen-bond acceptors (Lipinski definition) is 3.